The van der Waals surface area contributed by atoms with Crippen molar-refractivity contribution in [1.82, 2.24) is 9.47 Å². The molecule has 0 spiro atoms. The highest BCUT2D eigenvalue weighted by atomic mass is 16.2. The highest BCUT2D eigenvalue weighted by Gasteiger charge is 2.19. The number of hydrogen-bond acceptors (Lipinski definition) is 4. The van der Waals surface area contributed by atoms with Crippen LogP contribution in [0.5, 0.6) is 0 Å². The lowest BCUT2D eigenvalue weighted by atomic mass is 10.3. The lowest BCUT2D eigenvalue weighted by Gasteiger charge is -2.25. The first-order valence-electron chi connectivity index (χ1n) is 5.85. The number of nitrogens with two attached hydrogens (primary N) is 2. The maximum absolute atomic E-state index is 12.1. The van der Waals surface area contributed by atoms with Crippen LogP contribution in [-0.2, 0) is 16.1 Å². The number of carbonyl (C=O) groups excluding carboxylic acids is 2. The minimum Gasteiger partial charge on any atom is -0.398 e. The predicted octanol–water partition coefficient (Wildman–Crippen LogP) is -0.847. The van der Waals surface area contributed by atoms with Gasteiger partial charge in [-0.1, -0.05) is 0 Å². The fourth-order valence-corrected chi connectivity index (χ4v) is 1.64. The first kappa shape index (κ1) is 14.7. The molecule has 1 rings (SSSR count). The van der Waals surface area contributed by atoms with Crippen molar-refractivity contribution in [3.8, 4) is 0 Å². The smallest absolute Gasteiger partial charge is 0.251 e. The summed E-state index contributed by atoms with van der Waals surface area (Å²) in [6, 6.07) is 2.57. The van der Waals surface area contributed by atoms with Crippen molar-refractivity contribution in [3.05, 3.63) is 28.7 Å². The van der Waals surface area contributed by atoms with Gasteiger partial charge < -0.3 is 20.9 Å². The summed E-state index contributed by atoms with van der Waals surface area (Å²) in [5, 5.41) is 0. The number of amides is 2. The fraction of sp³-hybridized carbons (Fsp3) is 0.417. The van der Waals surface area contributed by atoms with E-state index in [2.05, 4.69) is 0 Å². The molecule has 0 saturated heterocycles. The number of nitrogen functional groups attached to an aromatic ring is 1. The van der Waals surface area contributed by atoms with Crippen LogP contribution in [0.1, 0.15) is 13.8 Å². The lowest BCUT2D eigenvalue weighted by Crippen LogP contribution is -2.45. The molecule has 0 saturated carbocycles. The van der Waals surface area contributed by atoms with Gasteiger partial charge >= 0.3 is 0 Å². The monoisotopic (exact) mass is 266 g/mol. The Labute approximate surface area is 110 Å². The lowest BCUT2D eigenvalue weighted by molar-refractivity contribution is -0.137. The quantitative estimate of drug-likeness (QED) is 0.723. The first-order chi connectivity index (χ1) is 8.81. The van der Waals surface area contributed by atoms with Crippen molar-refractivity contribution < 1.29 is 9.59 Å². The SMILES string of the molecule is CC(C)N(CC(N)=O)C(=O)Cn1cc(N)ccc1=O. The molecule has 1 aromatic heterocycles. The molecule has 0 aliphatic heterocycles. The Balaban J connectivity index is 2.90. The molecule has 2 amide bonds. The normalized spacial score (nSPS) is 10.5. The maximum atomic E-state index is 12.1. The number of hydrogen-bond donors (Lipinski definition) is 2. The molecular weight excluding hydrogens is 248 g/mol. The van der Waals surface area contributed by atoms with Gasteiger partial charge in [0.25, 0.3) is 5.56 Å². The number of nitrogens with zero attached hydrogens (tertiary/aromatic N) is 2. The Bertz CT molecular complexity index is 536. The van der Waals surface area contributed by atoms with E-state index in [-0.39, 0.29) is 30.6 Å². The van der Waals surface area contributed by atoms with Gasteiger partial charge in [-0.3, -0.25) is 14.4 Å². The highest BCUT2D eigenvalue weighted by molar-refractivity contribution is 5.84. The van der Waals surface area contributed by atoms with E-state index in [0.717, 1.165) is 0 Å². The van der Waals surface area contributed by atoms with E-state index < -0.39 is 5.91 Å². The highest BCUT2D eigenvalue weighted by Crippen LogP contribution is 2.02. The van der Waals surface area contributed by atoms with Crippen molar-refractivity contribution in [1.29, 1.82) is 0 Å². The summed E-state index contributed by atoms with van der Waals surface area (Å²) in [7, 11) is 0. The number of carbonyl (C=O) groups is 2. The standard InChI is InChI=1S/C12H18N4O3/c1-8(2)16(6-10(14)17)12(19)7-15-5-9(13)3-4-11(15)18/h3-5,8H,6-7,13H2,1-2H3,(H2,14,17). The second-order valence-electron chi connectivity index (χ2n) is 4.51. The number of pyridine rings is 1. The van der Waals surface area contributed by atoms with Crippen LogP contribution in [0.4, 0.5) is 5.69 Å². The number of anilines is 1. The van der Waals surface area contributed by atoms with E-state index in [1.165, 1.54) is 27.8 Å². The first-order valence-corrected chi connectivity index (χ1v) is 5.85. The van der Waals surface area contributed by atoms with Crippen molar-refractivity contribution >= 4 is 17.5 Å². The summed E-state index contributed by atoms with van der Waals surface area (Å²) in [6.07, 6.45) is 1.39. The maximum Gasteiger partial charge on any atom is 0.251 e. The van der Waals surface area contributed by atoms with Crippen LogP contribution < -0.4 is 17.0 Å². The summed E-state index contributed by atoms with van der Waals surface area (Å²) >= 11 is 0. The van der Waals surface area contributed by atoms with E-state index in [4.69, 9.17) is 11.5 Å². The topological polar surface area (TPSA) is 111 Å². The minimum atomic E-state index is -0.595. The molecule has 0 unspecified atom stereocenters. The third-order valence-electron chi connectivity index (χ3n) is 2.58. The van der Waals surface area contributed by atoms with E-state index in [9.17, 15) is 14.4 Å². The van der Waals surface area contributed by atoms with Crippen LogP contribution in [0.3, 0.4) is 0 Å². The van der Waals surface area contributed by atoms with Crippen LogP contribution in [0.25, 0.3) is 0 Å². The third kappa shape index (κ3) is 4.13. The summed E-state index contributed by atoms with van der Waals surface area (Å²) in [6.45, 7) is 3.19. The van der Waals surface area contributed by atoms with Gasteiger partial charge in [0.2, 0.25) is 11.8 Å². The average Bonchev–Trinajstić information content (AvgIpc) is 2.30. The molecule has 7 nitrogen and oxygen atoms in total. The molecule has 0 bridgehead atoms. The Morgan fingerprint density at radius 3 is 2.53 bits per heavy atom. The Morgan fingerprint density at radius 2 is 2.00 bits per heavy atom. The predicted molar refractivity (Wildman–Crippen MR) is 71.2 cm³/mol. The second-order valence-corrected chi connectivity index (χ2v) is 4.51. The van der Waals surface area contributed by atoms with Crippen molar-refractivity contribution in [2.24, 2.45) is 5.73 Å². The number of rotatable bonds is 5. The van der Waals surface area contributed by atoms with Gasteiger partial charge in [-0.2, -0.15) is 0 Å². The average molecular weight is 266 g/mol. The van der Waals surface area contributed by atoms with Gasteiger partial charge in [-0.15, -0.1) is 0 Å². The molecule has 104 valence electrons. The molecule has 7 heteroatoms. The zero-order valence-corrected chi connectivity index (χ0v) is 11.0. The van der Waals surface area contributed by atoms with Gasteiger partial charge in [0, 0.05) is 24.0 Å². The van der Waals surface area contributed by atoms with Gasteiger partial charge in [-0.25, -0.2) is 0 Å². The number of aromatic nitrogens is 1. The van der Waals surface area contributed by atoms with Gasteiger partial charge in [-0.05, 0) is 19.9 Å². The van der Waals surface area contributed by atoms with Crippen LogP contribution in [0.2, 0.25) is 0 Å². The van der Waals surface area contributed by atoms with E-state index in [1.807, 2.05) is 0 Å². The van der Waals surface area contributed by atoms with E-state index in [0.29, 0.717) is 5.69 Å². The Kier molecular flexibility index (Phi) is 4.68. The van der Waals surface area contributed by atoms with Crippen LogP contribution >= 0.6 is 0 Å². The molecule has 0 aliphatic rings. The second kappa shape index (κ2) is 6.03. The minimum absolute atomic E-state index is 0.171. The van der Waals surface area contributed by atoms with Crippen LogP contribution in [0.15, 0.2) is 23.1 Å². The largest absolute Gasteiger partial charge is 0.398 e. The third-order valence-corrected chi connectivity index (χ3v) is 2.58. The van der Waals surface area contributed by atoms with Crippen molar-refractivity contribution in [3.63, 3.8) is 0 Å². The molecule has 4 N–H and O–H groups in total. The molecule has 0 radical (unpaired) electrons. The molecule has 0 atom stereocenters. The summed E-state index contributed by atoms with van der Waals surface area (Å²) in [5.41, 5.74) is 10.7. The molecule has 0 fully saturated rings. The molecule has 19 heavy (non-hydrogen) atoms. The molecular formula is C12H18N4O3. The van der Waals surface area contributed by atoms with Gasteiger partial charge in [0.15, 0.2) is 0 Å². The molecule has 0 aliphatic carbocycles. The van der Waals surface area contributed by atoms with Gasteiger partial charge in [0.05, 0.1) is 6.54 Å². The molecule has 1 heterocycles. The Morgan fingerprint density at radius 1 is 1.37 bits per heavy atom. The number of primary amides is 1. The van der Waals surface area contributed by atoms with Crippen molar-refractivity contribution in [2.45, 2.75) is 26.4 Å². The van der Waals surface area contributed by atoms with E-state index >= 15 is 0 Å². The summed E-state index contributed by atoms with van der Waals surface area (Å²) < 4.78 is 1.20. The summed E-state index contributed by atoms with van der Waals surface area (Å²) in [4.78, 5) is 35.9. The summed E-state index contributed by atoms with van der Waals surface area (Å²) in [5.74, 6) is -0.955. The molecule has 0 aromatic carbocycles. The zero-order valence-electron chi connectivity index (χ0n) is 11.0. The van der Waals surface area contributed by atoms with Crippen LogP contribution in [0, 0.1) is 0 Å². The Hall–Kier alpha value is -2.31. The van der Waals surface area contributed by atoms with E-state index in [1.54, 1.807) is 13.8 Å². The zero-order chi connectivity index (χ0) is 14.6. The fourth-order valence-electron chi connectivity index (χ4n) is 1.64. The van der Waals surface area contributed by atoms with Crippen LogP contribution in [-0.4, -0.2) is 33.9 Å². The molecule has 1 aromatic rings. The van der Waals surface area contributed by atoms with Crippen molar-refractivity contribution in [2.75, 3.05) is 12.3 Å². The van der Waals surface area contributed by atoms with Gasteiger partial charge in [0.1, 0.15) is 6.54 Å².